The molecule has 0 heterocycles. The van der Waals surface area contributed by atoms with E-state index in [1.54, 1.807) is 30.3 Å². The van der Waals surface area contributed by atoms with E-state index in [1.807, 2.05) is 0 Å². The van der Waals surface area contributed by atoms with Crippen LogP contribution in [0, 0.1) is 0 Å². The summed E-state index contributed by atoms with van der Waals surface area (Å²) in [5.74, 6) is -0.802. The van der Waals surface area contributed by atoms with E-state index in [4.69, 9.17) is 14.3 Å². The number of alkyl halides is 3. The number of rotatable bonds is 18. The van der Waals surface area contributed by atoms with Gasteiger partial charge in [-0.2, -0.15) is 13.2 Å². The maximum absolute atomic E-state index is 13.1. The molecule has 0 aromatic heterocycles. The van der Waals surface area contributed by atoms with Crippen LogP contribution >= 0.6 is 0 Å². The van der Waals surface area contributed by atoms with E-state index in [0.29, 0.717) is 48.1 Å². The number of aromatic hydroxyl groups is 1. The molecule has 0 saturated heterocycles. The first-order valence-corrected chi connectivity index (χ1v) is 15.5. The highest BCUT2D eigenvalue weighted by molar-refractivity contribution is 6.01. The molecule has 14 heteroatoms. The van der Waals surface area contributed by atoms with Crippen LogP contribution in [-0.4, -0.2) is 60.2 Å². The monoisotopic (exact) mass is 677 g/mol. The fourth-order valence-electron chi connectivity index (χ4n) is 4.57. The fourth-order valence-corrected chi connectivity index (χ4v) is 4.57. The molecule has 3 aromatic carbocycles. The number of nitrogens with one attached hydrogen (secondary N) is 2. The lowest BCUT2D eigenvalue weighted by atomic mass is 10.1. The highest BCUT2D eigenvalue weighted by atomic mass is 19.4. The highest BCUT2D eigenvalue weighted by Crippen LogP contribution is 2.31. The molecule has 5 N–H and O–H groups in total. The number of carbonyl (C=O) groups excluding carboxylic acids is 2. The zero-order valence-corrected chi connectivity index (χ0v) is 26.7. The molecule has 1 atom stereocenters. The zero-order valence-electron chi connectivity index (χ0n) is 26.7. The van der Waals surface area contributed by atoms with Crippen molar-refractivity contribution in [1.29, 1.82) is 0 Å². The van der Waals surface area contributed by atoms with Crippen molar-refractivity contribution in [2.45, 2.75) is 58.1 Å². The van der Waals surface area contributed by atoms with Gasteiger partial charge in [0.1, 0.15) is 5.75 Å². The number of hydrogen-bond acceptors (Lipinski definition) is 9. The number of benzene rings is 3. The predicted octanol–water partition coefficient (Wildman–Crippen LogP) is 5.84. The highest BCUT2D eigenvalue weighted by Gasteiger charge is 2.31. The maximum atomic E-state index is 13.1. The third-order valence-electron chi connectivity index (χ3n) is 7.02. The van der Waals surface area contributed by atoms with Crippen molar-refractivity contribution in [2.24, 2.45) is 0 Å². The van der Waals surface area contributed by atoms with Gasteiger partial charge >= 0.3 is 18.2 Å². The van der Waals surface area contributed by atoms with E-state index in [0.717, 1.165) is 57.4 Å². The Balaban J connectivity index is 1.30. The summed E-state index contributed by atoms with van der Waals surface area (Å²) in [5.41, 5.74) is 0.780. The molecule has 48 heavy (non-hydrogen) atoms. The second-order valence-electron chi connectivity index (χ2n) is 10.9. The van der Waals surface area contributed by atoms with Crippen molar-refractivity contribution in [3.8, 4) is 5.75 Å². The quantitative estimate of drug-likeness (QED) is 0.0827. The van der Waals surface area contributed by atoms with Gasteiger partial charge in [-0.05, 0) is 73.0 Å². The molecule has 0 aliphatic carbocycles. The number of unbranched alkanes of at least 4 members (excludes halogenated alkanes) is 3. The van der Waals surface area contributed by atoms with E-state index in [9.17, 15) is 38.1 Å². The van der Waals surface area contributed by atoms with Crippen LogP contribution in [0.4, 0.5) is 29.3 Å². The van der Waals surface area contributed by atoms with Crippen molar-refractivity contribution in [1.82, 2.24) is 5.32 Å². The van der Waals surface area contributed by atoms with Gasteiger partial charge in [0.05, 0.1) is 43.8 Å². The maximum Gasteiger partial charge on any atom is 0.416 e. The Hall–Kier alpha value is -4.21. The third kappa shape index (κ3) is 13.1. The summed E-state index contributed by atoms with van der Waals surface area (Å²) in [4.78, 5) is 29.6. The van der Waals surface area contributed by atoms with Crippen LogP contribution in [0.15, 0.2) is 66.7 Å². The summed E-state index contributed by atoms with van der Waals surface area (Å²) >= 11 is 0. The van der Waals surface area contributed by atoms with Gasteiger partial charge < -0.3 is 40.3 Å². The Kier molecular flexibility index (Phi) is 15.6. The minimum absolute atomic E-state index is 0.000712. The van der Waals surface area contributed by atoms with Crippen LogP contribution in [0.3, 0.4) is 0 Å². The third-order valence-corrected chi connectivity index (χ3v) is 7.02. The molecule has 0 aliphatic heterocycles. The Morgan fingerprint density at radius 3 is 2.42 bits per heavy atom. The van der Waals surface area contributed by atoms with E-state index >= 15 is 0 Å². The summed E-state index contributed by atoms with van der Waals surface area (Å²) in [6, 6.07) is 14.3. The lowest BCUT2D eigenvalue weighted by Gasteiger charge is -2.21. The van der Waals surface area contributed by atoms with Crippen LogP contribution in [0.1, 0.15) is 61.0 Å². The Labute approximate surface area is 277 Å². The second-order valence-corrected chi connectivity index (χ2v) is 10.9. The van der Waals surface area contributed by atoms with Gasteiger partial charge in [0.2, 0.25) is 0 Å². The number of urea groups is 1. The van der Waals surface area contributed by atoms with E-state index < -0.39 is 29.8 Å². The fraction of sp³-hybridized carbons (Fsp3) is 0.412. The molecule has 0 saturated carbocycles. The van der Waals surface area contributed by atoms with Crippen molar-refractivity contribution in [3.05, 3.63) is 89.0 Å². The minimum Gasteiger partial charge on any atom is -0.508 e. The van der Waals surface area contributed by atoms with Crippen molar-refractivity contribution < 1.29 is 52.4 Å². The van der Waals surface area contributed by atoms with Crippen LogP contribution < -0.4 is 15.7 Å². The van der Waals surface area contributed by atoms with Gasteiger partial charge in [-0.3, -0.25) is 0 Å². The average molecular weight is 678 g/mol. The summed E-state index contributed by atoms with van der Waals surface area (Å²) in [6.07, 6.45) is -1.53. The SMILES string of the molecule is CC(=O)ON(C(=O)Nc1cccc(C(F)(F)F)c1)c1cccc(COCCOCCCCCCNC[C@@H](O)c2ccc(O)c(CO)c2)c1. The van der Waals surface area contributed by atoms with E-state index in [1.165, 1.54) is 18.2 Å². The molecular formula is C34H42F3N3O8. The molecule has 3 aromatic rings. The molecule has 0 radical (unpaired) electrons. The summed E-state index contributed by atoms with van der Waals surface area (Å²) in [6.45, 7) is 3.37. The summed E-state index contributed by atoms with van der Waals surface area (Å²) in [5, 5.41) is 35.4. The van der Waals surface area contributed by atoms with Gasteiger partial charge in [-0.1, -0.05) is 37.1 Å². The molecule has 0 bridgehead atoms. The van der Waals surface area contributed by atoms with Gasteiger partial charge in [0.15, 0.2) is 0 Å². The Morgan fingerprint density at radius 1 is 0.917 bits per heavy atom. The number of hydroxylamine groups is 1. The van der Waals surface area contributed by atoms with E-state index in [-0.39, 0.29) is 30.3 Å². The van der Waals surface area contributed by atoms with E-state index in [2.05, 4.69) is 10.6 Å². The number of phenols is 1. The molecule has 262 valence electrons. The number of carbonyl (C=O) groups is 2. The van der Waals surface area contributed by atoms with Crippen LogP contribution in [0.2, 0.25) is 0 Å². The first-order chi connectivity index (χ1) is 23.0. The summed E-state index contributed by atoms with van der Waals surface area (Å²) < 4.78 is 50.5. The molecule has 0 spiro atoms. The first-order valence-electron chi connectivity index (χ1n) is 15.5. The van der Waals surface area contributed by atoms with Crippen LogP contribution in [0.25, 0.3) is 0 Å². The first kappa shape index (κ1) is 38.2. The molecule has 3 rings (SSSR count). The van der Waals surface area contributed by atoms with Crippen molar-refractivity contribution >= 4 is 23.4 Å². The standard InChI is InChI=1S/C34H42F3N3O8/c1-24(42)48-40(33(45)39-29-10-7-9-28(20-29)34(35,36)37)30-11-6-8-25(18-30)23-47-17-16-46-15-5-3-2-4-14-38-21-32(44)26-12-13-31(43)27(19-26)22-41/h6-13,18-20,32,38,41,43-44H,2-5,14-17,21-23H2,1H3,(H,39,45)/t32-/m1/s1. The normalized spacial score (nSPS) is 12.0. The lowest BCUT2D eigenvalue weighted by Crippen LogP contribution is -2.36. The second kappa shape index (κ2) is 19.6. The van der Waals surface area contributed by atoms with Gasteiger partial charge in [-0.25, -0.2) is 9.59 Å². The predicted molar refractivity (Wildman–Crippen MR) is 172 cm³/mol. The number of halogens is 3. The zero-order chi connectivity index (χ0) is 34.9. The number of aliphatic hydroxyl groups is 2. The Bertz CT molecular complexity index is 1460. The number of hydrogen-bond donors (Lipinski definition) is 5. The molecule has 11 nitrogen and oxygen atoms in total. The number of nitrogens with zero attached hydrogens (tertiary/aromatic N) is 1. The average Bonchev–Trinajstić information content (AvgIpc) is 3.05. The molecular weight excluding hydrogens is 635 g/mol. The van der Waals surface area contributed by atoms with Crippen LogP contribution in [0.5, 0.6) is 5.75 Å². The van der Waals surface area contributed by atoms with Crippen molar-refractivity contribution in [3.63, 3.8) is 0 Å². The van der Waals surface area contributed by atoms with Crippen molar-refractivity contribution in [2.75, 3.05) is 43.3 Å². The topological polar surface area (TPSA) is 150 Å². The molecule has 2 amide bonds. The largest absolute Gasteiger partial charge is 0.508 e. The number of aliphatic hydroxyl groups excluding tert-OH is 2. The van der Waals surface area contributed by atoms with Crippen LogP contribution in [-0.2, 0) is 38.5 Å². The molecule has 0 unspecified atom stereocenters. The lowest BCUT2D eigenvalue weighted by molar-refractivity contribution is -0.141. The smallest absolute Gasteiger partial charge is 0.416 e. The van der Waals surface area contributed by atoms with Gasteiger partial charge in [0.25, 0.3) is 0 Å². The number of anilines is 2. The molecule has 0 fully saturated rings. The van der Waals surface area contributed by atoms with Gasteiger partial charge in [0, 0.05) is 31.3 Å². The molecule has 0 aliphatic rings. The van der Waals surface area contributed by atoms with Gasteiger partial charge in [-0.15, -0.1) is 5.06 Å². The number of amides is 2. The Morgan fingerprint density at radius 2 is 1.67 bits per heavy atom. The number of ether oxygens (including phenoxy) is 2. The summed E-state index contributed by atoms with van der Waals surface area (Å²) in [7, 11) is 0. The minimum atomic E-state index is -4.59.